The average Bonchev–Trinajstić information content (AvgIpc) is 2.86. The van der Waals surface area contributed by atoms with Crippen LogP contribution in [0.15, 0.2) is 66.3 Å². The number of nitrogens with zero attached hydrogens (tertiary/aromatic N) is 5. The van der Waals surface area contributed by atoms with Gasteiger partial charge in [0.1, 0.15) is 23.1 Å². The molecule has 0 bridgehead atoms. The van der Waals surface area contributed by atoms with Crippen LogP contribution in [-0.4, -0.2) is 76.6 Å². The van der Waals surface area contributed by atoms with Crippen molar-refractivity contribution in [2.75, 3.05) is 26.7 Å². The van der Waals surface area contributed by atoms with Crippen molar-refractivity contribution >= 4 is 10.0 Å². The maximum absolute atomic E-state index is 13.6. The molecule has 1 aliphatic rings. The Balaban J connectivity index is 1.72. The molecule has 0 fully saturated rings. The van der Waals surface area contributed by atoms with Crippen molar-refractivity contribution in [1.82, 2.24) is 24.2 Å². The molecule has 1 N–H and O–H groups in total. The maximum Gasteiger partial charge on any atom is 0.247 e. The van der Waals surface area contributed by atoms with Crippen LogP contribution in [0.3, 0.4) is 0 Å². The standard InChI is InChI=1S/C25H31N5O4S/c1-18-13-30(19(2)16-31)35(32,33)25-5-4-21(22-11-27-17-28-12-22)10-23(25)34-24(18)15-29(3)14-20-6-8-26-9-7-20/h4-12,17-19,24,31H,13-16H2,1-3H3/t18-,19-,24+/m1/s1. The van der Waals surface area contributed by atoms with Crippen molar-refractivity contribution in [3.05, 3.63) is 67.0 Å². The highest BCUT2D eigenvalue weighted by Gasteiger charge is 2.38. The number of aromatic nitrogens is 3. The zero-order valence-corrected chi connectivity index (χ0v) is 21.0. The fourth-order valence-corrected chi connectivity index (χ4v) is 6.07. The molecule has 186 valence electrons. The summed E-state index contributed by atoms with van der Waals surface area (Å²) in [5.74, 6) is 0.158. The summed E-state index contributed by atoms with van der Waals surface area (Å²) in [5.41, 5.74) is 2.66. The van der Waals surface area contributed by atoms with Crippen LogP contribution in [0.1, 0.15) is 19.4 Å². The first-order chi connectivity index (χ1) is 16.8. The van der Waals surface area contributed by atoms with E-state index in [4.69, 9.17) is 4.74 Å². The molecule has 2 aromatic heterocycles. The van der Waals surface area contributed by atoms with Crippen LogP contribution in [0, 0.1) is 5.92 Å². The Hall–Kier alpha value is -2.92. The van der Waals surface area contributed by atoms with Crippen molar-refractivity contribution in [2.45, 2.75) is 37.4 Å². The Morgan fingerprint density at radius 2 is 1.86 bits per heavy atom. The number of likely N-dealkylation sites (N-methyl/N-ethyl adjacent to an activating group) is 1. The van der Waals surface area contributed by atoms with Gasteiger partial charge in [-0.25, -0.2) is 18.4 Å². The third kappa shape index (κ3) is 5.67. The van der Waals surface area contributed by atoms with Crippen molar-refractivity contribution in [1.29, 1.82) is 0 Å². The SMILES string of the molecule is C[C@@H]1CN([C@H](C)CO)S(=O)(=O)c2ccc(-c3cncnc3)cc2O[C@H]1CN(C)Cc1ccncc1. The van der Waals surface area contributed by atoms with Gasteiger partial charge in [0.2, 0.25) is 10.0 Å². The van der Waals surface area contributed by atoms with E-state index in [2.05, 4.69) is 19.9 Å². The Morgan fingerprint density at radius 1 is 1.14 bits per heavy atom. The molecule has 4 rings (SSSR count). The molecule has 1 aliphatic heterocycles. The van der Waals surface area contributed by atoms with E-state index in [1.54, 1.807) is 49.9 Å². The average molecular weight is 498 g/mol. The van der Waals surface area contributed by atoms with E-state index in [1.807, 2.05) is 26.1 Å². The Bertz CT molecular complexity index is 1230. The van der Waals surface area contributed by atoms with E-state index < -0.39 is 16.1 Å². The monoisotopic (exact) mass is 497 g/mol. The lowest BCUT2D eigenvalue weighted by molar-refractivity contribution is 0.0734. The number of rotatable bonds is 7. The van der Waals surface area contributed by atoms with E-state index in [9.17, 15) is 13.5 Å². The predicted molar refractivity (Wildman–Crippen MR) is 132 cm³/mol. The number of hydrogen-bond donors (Lipinski definition) is 1. The molecule has 3 atom stereocenters. The highest BCUT2D eigenvalue weighted by atomic mass is 32.2. The summed E-state index contributed by atoms with van der Waals surface area (Å²) in [7, 11) is -1.88. The van der Waals surface area contributed by atoms with Crippen LogP contribution in [0.2, 0.25) is 0 Å². The summed E-state index contributed by atoms with van der Waals surface area (Å²) in [5, 5.41) is 9.82. The molecule has 3 aromatic rings. The second-order valence-electron chi connectivity index (χ2n) is 9.08. The molecule has 0 spiro atoms. The summed E-state index contributed by atoms with van der Waals surface area (Å²) in [4.78, 5) is 14.5. The van der Waals surface area contributed by atoms with Gasteiger partial charge in [-0.05, 0) is 49.4 Å². The quantitative estimate of drug-likeness (QED) is 0.530. The molecule has 0 amide bonds. The van der Waals surface area contributed by atoms with Gasteiger partial charge in [-0.1, -0.05) is 13.0 Å². The minimum Gasteiger partial charge on any atom is -0.487 e. The van der Waals surface area contributed by atoms with Crippen LogP contribution in [0.5, 0.6) is 5.75 Å². The Labute approximate surface area is 206 Å². The highest BCUT2D eigenvalue weighted by molar-refractivity contribution is 7.89. The van der Waals surface area contributed by atoms with Crippen LogP contribution in [-0.2, 0) is 16.6 Å². The van der Waals surface area contributed by atoms with Crippen LogP contribution in [0.4, 0.5) is 0 Å². The highest BCUT2D eigenvalue weighted by Crippen LogP contribution is 2.36. The van der Waals surface area contributed by atoms with Gasteiger partial charge in [-0.15, -0.1) is 0 Å². The van der Waals surface area contributed by atoms with Crippen LogP contribution >= 0.6 is 0 Å². The number of aliphatic hydroxyl groups is 1. The molecule has 0 unspecified atom stereocenters. The third-order valence-electron chi connectivity index (χ3n) is 6.25. The Morgan fingerprint density at radius 3 is 2.54 bits per heavy atom. The third-order valence-corrected chi connectivity index (χ3v) is 8.27. The molecule has 1 aromatic carbocycles. The predicted octanol–water partition coefficient (Wildman–Crippen LogP) is 2.44. The van der Waals surface area contributed by atoms with Gasteiger partial charge >= 0.3 is 0 Å². The smallest absolute Gasteiger partial charge is 0.247 e. The molecule has 0 radical (unpaired) electrons. The van der Waals surface area contributed by atoms with Gasteiger partial charge < -0.3 is 9.84 Å². The van der Waals surface area contributed by atoms with Crippen molar-refractivity contribution in [2.24, 2.45) is 5.92 Å². The second kappa shape index (κ2) is 10.8. The molecule has 9 nitrogen and oxygen atoms in total. The number of pyridine rings is 1. The second-order valence-corrected chi connectivity index (χ2v) is 10.9. The topological polar surface area (TPSA) is 109 Å². The number of ether oxygens (including phenoxy) is 1. The number of fused-ring (bicyclic) bond motifs is 1. The van der Waals surface area contributed by atoms with E-state index in [0.717, 1.165) is 16.7 Å². The molecular weight excluding hydrogens is 466 g/mol. The largest absolute Gasteiger partial charge is 0.487 e. The van der Waals surface area contributed by atoms with Crippen molar-refractivity contribution in [3.8, 4) is 16.9 Å². The van der Waals surface area contributed by atoms with Gasteiger partial charge in [0, 0.05) is 61.9 Å². The molecule has 0 aliphatic carbocycles. The minimum atomic E-state index is -3.89. The summed E-state index contributed by atoms with van der Waals surface area (Å²) >= 11 is 0. The maximum atomic E-state index is 13.6. The van der Waals surface area contributed by atoms with Gasteiger partial charge in [0.25, 0.3) is 0 Å². The number of hydrogen-bond acceptors (Lipinski definition) is 8. The lowest BCUT2D eigenvalue weighted by Crippen LogP contribution is -2.49. The molecular formula is C25H31N5O4S. The van der Waals surface area contributed by atoms with E-state index in [0.29, 0.717) is 13.1 Å². The summed E-state index contributed by atoms with van der Waals surface area (Å²) < 4.78 is 35.1. The van der Waals surface area contributed by atoms with Gasteiger partial charge in [-0.3, -0.25) is 9.88 Å². The van der Waals surface area contributed by atoms with Gasteiger partial charge in [0.15, 0.2) is 0 Å². The molecule has 10 heteroatoms. The fourth-order valence-electron chi connectivity index (χ4n) is 4.24. The Kier molecular flexibility index (Phi) is 7.75. The fraction of sp³-hybridized carbons (Fsp3) is 0.400. The normalized spacial score (nSPS) is 20.9. The molecule has 3 heterocycles. The summed E-state index contributed by atoms with van der Waals surface area (Å²) in [6, 6.07) is 8.42. The first-order valence-corrected chi connectivity index (χ1v) is 13.0. The van der Waals surface area contributed by atoms with Gasteiger partial charge in [-0.2, -0.15) is 4.31 Å². The van der Waals surface area contributed by atoms with E-state index in [-0.39, 0.29) is 35.8 Å². The molecule has 0 saturated heterocycles. The number of benzene rings is 1. The molecule has 0 saturated carbocycles. The zero-order chi connectivity index (χ0) is 25.0. The number of aliphatic hydroxyl groups excluding tert-OH is 1. The van der Waals surface area contributed by atoms with Crippen molar-refractivity contribution in [3.63, 3.8) is 0 Å². The van der Waals surface area contributed by atoms with E-state index in [1.165, 1.54) is 10.6 Å². The lowest BCUT2D eigenvalue weighted by Gasteiger charge is -2.37. The van der Waals surface area contributed by atoms with Gasteiger partial charge in [0.05, 0.1) is 6.61 Å². The van der Waals surface area contributed by atoms with E-state index >= 15 is 0 Å². The molecule has 35 heavy (non-hydrogen) atoms. The zero-order valence-electron chi connectivity index (χ0n) is 20.2. The number of sulfonamides is 1. The van der Waals surface area contributed by atoms with Crippen LogP contribution < -0.4 is 4.74 Å². The van der Waals surface area contributed by atoms with Crippen molar-refractivity contribution < 1.29 is 18.3 Å². The lowest BCUT2D eigenvalue weighted by atomic mass is 10.0. The first-order valence-electron chi connectivity index (χ1n) is 11.6. The summed E-state index contributed by atoms with van der Waals surface area (Å²) in [6.45, 7) is 4.96. The summed E-state index contributed by atoms with van der Waals surface area (Å²) in [6.07, 6.45) is 8.04. The van der Waals surface area contributed by atoms with Crippen LogP contribution in [0.25, 0.3) is 11.1 Å². The minimum absolute atomic E-state index is 0.0899. The first kappa shape index (κ1) is 25.2.